The molecule has 0 atom stereocenters. The third-order valence-electron chi connectivity index (χ3n) is 4.92. The van der Waals surface area contributed by atoms with Gasteiger partial charge in [-0.25, -0.2) is 4.98 Å². The number of carbonyl (C=O) groups is 1. The van der Waals surface area contributed by atoms with Crippen molar-refractivity contribution in [2.45, 2.75) is 6.92 Å². The molecule has 0 bridgehead atoms. The minimum Gasteiger partial charge on any atom is -0.497 e. The summed E-state index contributed by atoms with van der Waals surface area (Å²) in [5.41, 5.74) is 4.05. The van der Waals surface area contributed by atoms with Crippen LogP contribution in [0.2, 0.25) is 5.02 Å². The summed E-state index contributed by atoms with van der Waals surface area (Å²) < 4.78 is 16.3. The van der Waals surface area contributed by atoms with Gasteiger partial charge in [0.2, 0.25) is 5.89 Å². The molecule has 9 heteroatoms. The molecule has 33 heavy (non-hydrogen) atoms. The molecular weight excluding hydrogens is 462 g/mol. The summed E-state index contributed by atoms with van der Waals surface area (Å²) >= 11 is 11.4. The van der Waals surface area contributed by atoms with Gasteiger partial charge in [0.15, 0.2) is 10.7 Å². The Bertz CT molecular complexity index is 1350. The van der Waals surface area contributed by atoms with E-state index in [0.29, 0.717) is 44.8 Å². The van der Waals surface area contributed by atoms with Gasteiger partial charge in [0.25, 0.3) is 5.91 Å². The largest absolute Gasteiger partial charge is 0.497 e. The van der Waals surface area contributed by atoms with Crippen LogP contribution < -0.4 is 20.1 Å². The molecule has 0 aliphatic rings. The predicted molar refractivity (Wildman–Crippen MR) is 132 cm³/mol. The van der Waals surface area contributed by atoms with Crippen LogP contribution in [-0.4, -0.2) is 30.2 Å². The predicted octanol–water partition coefficient (Wildman–Crippen LogP) is 5.60. The number of aromatic nitrogens is 1. The molecule has 0 saturated carbocycles. The Hall–Kier alpha value is -3.62. The van der Waals surface area contributed by atoms with Crippen LogP contribution in [0.25, 0.3) is 22.6 Å². The van der Waals surface area contributed by atoms with E-state index in [1.807, 2.05) is 25.1 Å². The molecule has 4 rings (SSSR count). The number of methoxy groups -OCH3 is 2. The fourth-order valence-corrected chi connectivity index (χ4v) is 3.55. The number of nitrogens with zero attached hydrogens (tertiary/aromatic N) is 1. The molecule has 2 N–H and O–H groups in total. The maximum absolute atomic E-state index is 12.7. The topological polar surface area (TPSA) is 85.6 Å². The van der Waals surface area contributed by atoms with E-state index in [4.69, 9.17) is 37.7 Å². The fourth-order valence-electron chi connectivity index (χ4n) is 3.18. The number of aryl methyl sites for hydroxylation is 1. The molecule has 1 amide bonds. The van der Waals surface area contributed by atoms with Crippen LogP contribution >= 0.6 is 23.8 Å². The summed E-state index contributed by atoms with van der Waals surface area (Å²) in [5.74, 6) is 1.06. The molecule has 1 aromatic heterocycles. The lowest BCUT2D eigenvalue weighted by atomic mass is 10.1. The number of thiocarbonyl (C=S) groups is 1. The average Bonchev–Trinajstić information content (AvgIpc) is 3.23. The molecule has 0 radical (unpaired) electrons. The lowest BCUT2D eigenvalue weighted by molar-refractivity contribution is 0.0977. The van der Waals surface area contributed by atoms with Crippen LogP contribution in [0.15, 0.2) is 59.0 Å². The Kier molecular flexibility index (Phi) is 6.48. The van der Waals surface area contributed by atoms with E-state index in [1.54, 1.807) is 36.4 Å². The van der Waals surface area contributed by atoms with Gasteiger partial charge >= 0.3 is 0 Å². The average molecular weight is 482 g/mol. The maximum Gasteiger partial charge on any atom is 0.257 e. The minimum atomic E-state index is -0.394. The summed E-state index contributed by atoms with van der Waals surface area (Å²) in [4.78, 5) is 17.2. The summed E-state index contributed by atoms with van der Waals surface area (Å²) in [6.07, 6.45) is 0. The van der Waals surface area contributed by atoms with Crippen LogP contribution in [0, 0.1) is 6.92 Å². The fraction of sp³-hybridized carbons (Fsp3) is 0.125. The molecule has 7 nitrogen and oxygen atoms in total. The first-order chi connectivity index (χ1) is 15.9. The van der Waals surface area contributed by atoms with Crippen LogP contribution in [-0.2, 0) is 0 Å². The lowest BCUT2D eigenvalue weighted by Crippen LogP contribution is -2.34. The second-order valence-corrected chi connectivity index (χ2v) is 8.02. The summed E-state index contributed by atoms with van der Waals surface area (Å²) in [7, 11) is 3.04. The van der Waals surface area contributed by atoms with Crippen molar-refractivity contribution in [1.29, 1.82) is 0 Å². The van der Waals surface area contributed by atoms with Crippen molar-refractivity contribution in [3.8, 4) is 23.0 Å². The zero-order valence-corrected chi connectivity index (χ0v) is 19.6. The lowest BCUT2D eigenvalue weighted by Gasteiger charge is -2.13. The zero-order valence-electron chi connectivity index (χ0n) is 18.1. The third-order valence-corrected chi connectivity index (χ3v) is 5.36. The molecule has 0 spiro atoms. The number of carbonyl (C=O) groups excluding carboxylic acids is 1. The number of halogens is 1. The van der Waals surface area contributed by atoms with Gasteiger partial charge in [-0.05, 0) is 67.2 Å². The standard InChI is InChI=1S/C24H20ClN3O4S/c1-13-4-5-14(23-26-20-11-16(25)6-7-21(20)32-23)10-19(13)27-24(33)28-22(29)15-8-17(30-2)12-18(9-15)31-3/h4-12H,1-3H3,(H2,27,28,29,33). The first-order valence-electron chi connectivity index (χ1n) is 9.89. The zero-order chi connectivity index (χ0) is 23.5. The van der Waals surface area contributed by atoms with Gasteiger partial charge in [0.1, 0.15) is 17.0 Å². The van der Waals surface area contributed by atoms with Crippen molar-refractivity contribution in [2.24, 2.45) is 0 Å². The van der Waals surface area contributed by atoms with Gasteiger partial charge in [-0.1, -0.05) is 17.7 Å². The highest BCUT2D eigenvalue weighted by molar-refractivity contribution is 7.80. The maximum atomic E-state index is 12.7. The Morgan fingerprint density at radius 1 is 1.03 bits per heavy atom. The number of ether oxygens (including phenoxy) is 2. The van der Waals surface area contributed by atoms with Crippen molar-refractivity contribution in [3.05, 3.63) is 70.7 Å². The van der Waals surface area contributed by atoms with Crippen molar-refractivity contribution in [3.63, 3.8) is 0 Å². The summed E-state index contributed by atoms with van der Waals surface area (Å²) in [6.45, 7) is 1.93. The third kappa shape index (κ3) is 5.08. The summed E-state index contributed by atoms with van der Waals surface area (Å²) in [6, 6.07) is 15.8. The first-order valence-corrected chi connectivity index (χ1v) is 10.7. The molecule has 0 aliphatic carbocycles. The second-order valence-electron chi connectivity index (χ2n) is 7.17. The van der Waals surface area contributed by atoms with Crippen molar-refractivity contribution in [1.82, 2.24) is 10.3 Å². The molecule has 1 heterocycles. The Morgan fingerprint density at radius 2 is 1.76 bits per heavy atom. The molecule has 4 aromatic rings. The van der Waals surface area contributed by atoms with Crippen LogP contribution in [0.5, 0.6) is 11.5 Å². The van der Waals surface area contributed by atoms with Gasteiger partial charge < -0.3 is 19.2 Å². The minimum absolute atomic E-state index is 0.145. The number of hydrogen-bond acceptors (Lipinski definition) is 6. The van der Waals surface area contributed by atoms with E-state index < -0.39 is 5.91 Å². The number of nitrogens with one attached hydrogen (secondary N) is 2. The van der Waals surface area contributed by atoms with Crippen LogP contribution in [0.4, 0.5) is 5.69 Å². The van der Waals surface area contributed by atoms with E-state index in [2.05, 4.69) is 15.6 Å². The molecule has 168 valence electrons. The van der Waals surface area contributed by atoms with E-state index in [-0.39, 0.29) is 5.11 Å². The van der Waals surface area contributed by atoms with Gasteiger partial charge in [0, 0.05) is 27.9 Å². The van der Waals surface area contributed by atoms with E-state index in [1.165, 1.54) is 14.2 Å². The molecule has 0 saturated heterocycles. The monoisotopic (exact) mass is 481 g/mol. The molecule has 3 aromatic carbocycles. The Morgan fingerprint density at radius 3 is 2.45 bits per heavy atom. The Balaban J connectivity index is 1.52. The highest BCUT2D eigenvalue weighted by Gasteiger charge is 2.14. The van der Waals surface area contributed by atoms with Crippen LogP contribution in [0.3, 0.4) is 0 Å². The molecule has 0 fully saturated rings. The van der Waals surface area contributed by atoms with Crippen LogP contribution in [0.1, 0.15) is 15.9 Å². The highest BCUT2D eigenvalue weighted by Crippen LogP contribution is 2.29. The highest BCUT2D eigenvalue weighted by atomic mass is 35.5. The number of benzene rings is 3. The first kappa shape index (κ1) is 22.6. The van der Waals surface area contributed by atoms with E-state index in [9.17, 15) is 4.79 Å². The number of anilines is 1. The van der Waals surface area contributed by atoms with Gasteiger partial charge in [0.05, 0.1) is 14.2 Å². The van der Waals surface area contributed by atoms with Gasteiger partial charge in [-0.2, -0.15) is 0 Å². The SMILES string of the molecule is COc1cc(OC)cc(C(=O)NC(=S)Nc2cc(-c3nc4cc(Cl)ccc4o3)ccc2C)c1. The normalized spacial score (nSPS) is 10.7. The smallest absolute Gasteiger partial charge is 0.257 e. The van der Waals surface area contributed by atoms with E-state index >= 15 is 0 Å². The second kappa shape index (κ2) is 9.48. The number of amides is 1. The molecule has 0 unspecified atom stereocenters. The van der Waals surface area contributed by atoms with Gasteiger partial charge in [-0.15, -0.1) is 0 Å². The molecular formula is C24H20ClN3O4S. The number of oxazole rings is 1. The van der Waals surface area contributed by atoms with Crippen molar-refractivity contribution < 1.29 is 18.7 Å². The number of fused-ring (bicyclic) bond motifs is 1. The molecule has 0 aliphatic heterocycles. The van der Waals surface area contributed by atoms with Crippen molar-refractivity contribution in [2.75, 3.05) is 19.5 Å². The quantitative estimate of drug-likeness (QED) is 0.359. The summed E-state index contributed by atoms with van der Waals surface area (Å²) in [5, 5.41) is 6.48. The van der Waals surface area contributed by atoms with Gasteiger partial charge in [-0.3, -0.25) is 10.1 Å². The number of hydrogen-bond donors (Lipinski definition) is 2. The van der Waals surface area contributed by atoms with E-state index in [0.717, 1.165) is 11.1 Å². The Labute approximate surface area is 200 Å². The number of rotatable bonds is 5. The van der Waals surface area contributed by atoms with Crippen molar-refractivity contribution >= 4 is 51.6 Å².